The molecule has 0 amide bonds. The van der Waals surface area contributed by atoms with Gasteiger partial charge in [0.1, 0.15) is 0 Å². The van der Waals surface area contributed by atoms with E-state index >= 15 is 0 Å². The number of nitrogens with zero attached hydrogens (tertiary/aromatic N) is 1. The molecule has 1 nitrogen and oxygen atoms in total. The molecule has 0 saturated heterocycles. The molecule has 0 aromatic heterocycles. The van der Waals surface area contributed by atoms with Crippen LogP contribution < -0.4 is 0 Å². The van der Waals surface area contributed by atoms with Gasteiger partial charge in [0.05, 0.1) is 0 Å². The van der Waals surface area contributed by atoms with E-state index < -0.39 is 0 Å². The molecule has 0 N–H and O–H groups in total. The molecule has 248 valence electrons. The standard InChI is InChI=1S/C40H83N/c1-6-9-12-15-18-21-23-26-29-32-35-38-41(39-36-33-30-27-24-22-19-16-13-10-7-2)40(4,5)37-34-31-28-25-20-17-14-11-8-3/h6-39H2,1-5H3. The van der Waals surface area contributed by atoms with Crippen LogP contribution in [0.5, 0.6) is 0 Å². The smallest absolute Gasteiger partial charge is 0.0153 e. The zero-order chi connectivity index (χ0) is 30.1. The van der Waals surface area contributed by atoms with Crippen molar-refractivity contribution in [3.8, 4) is 0 Å². The Morgan fingerprint density at radius 1 is 0.293 bits per heavy atom. The zero-order valence-electron chi connectivity index (χ0n) is 30.0. The van der Waals surface area contributed by atoms with Crippen molar-refractivity contribution in [1.82, 2.24) is 4.90 Å². The van der Waals surface area contributed by atoms with Gasteiger partial charge in [-0.3, -0.25) is 4.90 Å². The summed E-state index contributed by atoms with van der Waals surface area (Å²) in [4.78, 5) is 2.92. The highest BCUT2D eigenvalue weighted by Gasteiger charge is 2.25. The van der Waals surface area contributed by atoms with Crippen LogP contribution in [0.15, 0.2) is 0 Å². The fourth-order valence-electron chi connectivity index (χ4n) is 6.68. The SMILES string of the molecule is CCCCCCCCCCCCCN(CCCCCCCCCCCCC)C(C)(C)CCCCCCCCCCC. The van der Waals surface area contributed by atoms with Gasteiger partial charge in [0.15, 0.2) is 0 Å². The molecule has 0 fully saturated rings. The average Bonchev–Trinajstić information content (AvgIpc) is 2.96. The van der Waals surface area contributed by atoms with Crippen LogP contribution >= 0.6 is 0 Å². The number of unbranched alkanes of at least 4 members (excludes halogenated alkanes) is 28. The molecule has 0 aliphatic rings. The molecule has 0 heterocycles. The Bertz CT molecular complexity index is 443. The third-order valence-corrected chi connectivity index (χ3v) is 9.81. The van der Waals surface area contributed by atoms with Crippen LogP contribution in [0, 0.1) is 0 Å². The van der Waals surface area contributed by atoms with E-state index in [9.17, 15) is 0 Å². The minimum atomic E-state index is 0.373. The fourth-order valence-corrected chi connectivity index (χ4v) is 6.68. The first-order chi connectivity index (χ1) is 20.1. The Morgan fingerprint density at radius 3 is 0.780 bits per heavy atom. The van der Waals surface area contributed by atoms with Crippen molar-refractivity contribution in [2.45, 2.75) is 246 Å². The number of rotatable bonds is 35. The summed E-state index contributed by atoms with van der Waals surface area (Å²) in [5, 5.41) is 0. The van der Waals surface area contributed by atoms with Crippen LogP contribution in [0.3, 0.4) is 0 Å². The van der Waals surface area contributed by atoms with Crippen molar-refractivity contribution in [2.24, 2.45) is 0 Å². The first kappa shape index (κ1) is 41.0. The zero-order valence-corrected chi connectivity index (χ0v) is 30.0. The van der Waals surface area contributed by atoms with E-state index in [1.54, 1.807) is 0 Å². The van der Waals surface area contributed by atoms with Gasteiger partial charge in [0, 0.05) is 5.54 Å². The summed E-state index contributed by atoms with van der Waals surface area (Å²) in [6.07, 6.45) is 46.2. The predicted octanol–water partition coefficient (Wildman–Crippen LogP) is 14.6. The van der Waals surface area contributed by atoms with Crippen LogP contribution in [0.25, 0.3) is 0 Å². The van der Waals surface area contributed by atoms with Gasteiger partial charge in [-0.25, -0.2) is 0 Å². The van der Waals surface area contributed by atoms with Crippen molar-refractivity contribution >= 4 is 0 Å². The maximum Gasteiger partial charge on any atom is 0.0153 e. The first-order valence-corrected chi connectivity index (χ1v) is 19.8. The van der Waals surface area contributed by atoms with Gasteiger partial charge in [-0.1, -0.05) is 207 Å². The highest BCUT2D eigenvalue weighted by molar-refractivity contribution is 4.81. The third kappa shape index (κ3) is 29.8. The summed E-state index contributed by atoms with van der Waals surface area (Å²) in [5.41, 5.74) is 0.373. The number of hydrogen-bond acceptors (Lipinski definition) is 1. The van der Waals surface area contributed by atoms with Crippen molar-refractivity contribution in [3.63, 3.8) is 0 Å². The summed E-state index contributed by atoms with van der Waals surface area (Å²) in [6.45, 7) is 14.7. The Kier molecular flexibility index (Phi) is 32.8. The van der Waals surface area contributed by atoms with E-state index in [4.69, 9.17) is 0 Å². The summed E-state index contributed by atoms with van der Waals surface area (Å²) in [7, 11) is 0. The maximum atomic E-state index is 2.92. The van der Waals surface area contributed by atoms with Crippen LogP contribution in [0.4, 0.5) is 0 Å². The van der Waals surface area contributed by atoms with E-state index in [2.05, 4.69) is 39.5 Å². The lowest BCUT2D eigenvalue weighted by molar-refractivity contribution is 0.102. The molecule has 0 rings (SSSR count). The molecular weight excluding hydrogens is 494 g/mol. The van der Waals surface area contributed by atoms with Crippen molar-refractivity contribution in [2.75, 3.05) is 13.1 Å². The molecule has 0 bridgehead atoms. The Labute approximate surface area is 263 Å². The molecule has 0 aliphatic carbocycles. The quantitative estimate of drug-likeness (QED) is 0.0677. The molecule has 41 heavy (non-hydrogen) atoms. The second-order valence-electron chi connectivity index (χ2n) is 14.4. The third-order valence-electron chi connectivity index (χ3n) is 9.81. The molecule has 1 heteroatoms. The highest BCUT2D eigenvalue weighted by Crippen LogP contribution is 2.25. The molecule has 0 aromatic carbocycles. The molecular formula is C40H83N. The van der Waals surface area contributed by atoms with Crippen LogP contribution in [-0.4, -0.2) is 23.5 Å². The lowest BCUT2D eigenvalue weighted by atomic mass is 9.92. The lowest BCUT2D eigenvalue weighted by Crippen LogP contribution is -2.45. The van der Waals surface area contributed by atoms with E-state index in [0.29, 0.717) is 5.54 Å². The summed E-state index contributed by atoms with van der Waals surface area (Å²) >= 11 is 0. The fraction of sp³-hybridized carbons (Fsp3) is 1.00. The second-order valence-corrected chi connectivity index (χ2v) is 14.4. The van der Waals surface area contributed by atoms with Crippen LogP contribution in [0.2, 0.25) is 0 Å². The van der Waals surface area contributed by atoms with Crippen LogP contribution in [-0.2, 0) is 0 Å². The monoisotopic (exact) mass is 578 g/mol. The molecule has 0 aliphatic heterocycles. The van der Waals surface area contributed by atoms with Gasteiger partial charge < -0.3 is 0 Å². The van der Waals surface area contributed by atoms with Crippen molar-refractivity contribution < 1.29 is 0 Å². The van der Waals surface area contributed by atoms with E-state index in [-0.39, 0.29) is 0 Å². The van der Waals surface area contributed by atoms with E-state index in [0.717, 1.165) is 0 Å². The van der Waals surface area contributed by atoms with Gasteiger partial charge in [-0.2, -0.15) is 0 Å². The van der Waals surface area contributed by atoms with Crippen molar-refractivity contribution in [1.29, 1.82) is 0 Å². The molecule has 0 radical (unpaired) electrons. The summed E-state index contributed by atoms with van der Waals surface area (Å²) < 4.78 is 0. The molecule has 0 spiro atoms. The van der Waals surface area contributed by atoms with Gasteiger partial charge in [-0.05, 0) is 46.2 Å². The van der Waals surface area contributed by atoms with Crippen LogP contribution in [0.1, 0.15) is 240 Å². The van der Waals surface area contributed by atoms with Crippen molar-refractivity contribution in [3.05, 3.63) is 0 Å². The Morgan fingerprint density at radius 2 is 0.512 bits per heavy atom. The van der Waals surface area contributed by atoms with E-state index in [1.165, 1.54) is 219 Å². The topological polar surface area (TPSA) is 3.24 Å². The molecule has 0 unspecified atom stereocenters. The summed E-state index contributed by atoms with van der Waals surface area (Å²) in [5.74, 6) is 0. The number of hydrogen-bond donors (Lipinski definition) is 0. The minimum Gasteiger partial charge on any atom is -0.298 e. The molecule has 0 saturated carbocycles. The predicted molar refractivity (Wildman–Crippen MR) is 190 cm³/mol. The lowest BCUT2D eigenvalue weighted by Gasteiger charge is -2.39. The molecule has 0 atom stereocenters. The van der Waals surface area contributed by atoms with Gasteiger partial charge in [0.25, 0.3) is 0 Å². The highest BCUT2D eigenvalue weighted by atomic mass is 15.2. The Hall–Kier alpha value is -0.0400. The van der Waals surface area contributed by atoms with Gasteiger partial charge in [-0.15, -0.1) is 0 Å². The molecule has 0 aromatic rings. The summed E-state index contributed by atoms with van der Waals surface area (Å²) in [6, 6.07) is 0. The Balaban J connectivity index is 4.22. The minimum absolute atomic E-state index is 0.373. The second kappa shape index (κ2) is 32.9. The maximum absolute atomic E-state index is 2.92. The first-order valence-electron chi connectivity index (χ1n) is 19.8. The average molecular weight is 578 g/mol. The van der Waals surface area contributed by atoms with Gasteiger partial charge >= 0.3 is 0 Å². The normalized spacial score (nSPS) is 12.1. The largest absolute Gasteiger partial charge is 0.298 e. The van der Waals surface area contributed by atoms with E-state index in [1.807, 2.05) is 0 Å². The van der Waals surface area contributed by atoms with Gasteiger partial charge in [0.2, 0.25) is 0 Å².